The molecule has 0 aliphatic carbocycles. The van der Waals surface area contributed by atoms with Crippen LogP contribution in [0.1, 0.15) is 34.1 Å². The van der Waals surface area contributed by atoms with Gasteiger partial charge in [0, 0.05) is 32.6 Å². The minimum Gasteiger partial charge on any atom is -0.303 e. The number of hydrogen-bond donors (Lipinski definition) is 0. The molecule has 0 aromatic carbocycles. The molecule has 0 aliphatic rings. The number of nitrogens with zero attached hydrogens (tertiary/aromatic N) is 3. The zero-order valence-corrected chi connectivity index (χ0v) is 11.4. The van der Waals surface area contributed by atoms with E-state index in [-0.39, 0.29) is 0 Å². The summed E-state index contributed by atoms with van der Waals surface area (Å²) in [5.74, 6) is 0.676. The van der Waals surface area contributed by atoms with E-state index >= 15 is 0 Å². The highest BCUT2D eigenvalue weighted by Crippen LogP contribution is 2.00. The number of likely N-dealkylation sites (N-methyl/N-ethyl adjacent to an activating group) is 1. The monoisotopic (exact) mass is 225 g/mol. The van der Waals surface area contributed by atoms with Crippen molar-refractivity contribution in [3.05, 3.63) is 0 Å². The Labute approximate surface area is 101 Å². The Hall–Kier alpha value is -0.590. The van der Waals surface area contributed by atoms with E-state index in [1.807, 2.05) is 0 Å². The molecule has 0 fully saturated rings. The first-order valence-corrected chi connectivity index (χ1v) is 6.45. The van der Waals surface area contributed by atoms with Crippen molar-refractivity contribution in [1.29, 1.82) is 5.26 Å². The van der Waals surface area contributed by atoms with Crippen molar-refractivity contribution in [2.75, 3.05) is 39.3 Å². The highest BCUT2D eigenvalue weighted by Gasteiger charge is 2.08. The van der Waals surface area contributed by atoms with Crippen LogP contribution in [0, 0.1) is 17.2 Å². The topological polar surface area (TPSA) is 30.3 Å². The maximum absolute atomic E-state index is 8.63. The Morgan fingerprint density at radius 1 is 1.00 bits per heavy atom. The van der Waals surface area contributed by atoms with Crippen LogP contribution in [0.2, 0.25) is 0 Å². The van der Waals surface area contributed by atoms with Gasteiger partial charge in [0.25, 0.3) is 0 Å². The second-order valence-corrected chi connectivity index (χ2v) is 4.63. The van der Waals surface area contributed by atoms with Crippen LogP contribution in [-0.2, 0) is 0 Å². The van der Waals surface area contributed by atoms with Gasteiger partial charge in [-0.15, -0.1) is 0 Å². The average molecular weight is 225 g/mol. The maximum Gasteiger partial charge on any atom is 0.0635 e. The van der Waals surface area contributed by atoms with E-state index in [1.165, 1.54) is 0 Å². The molecule has 3 heteroatoms. The van der Waals surface area contributed by atoms with E-state index in [9.17, 15) is 0 Å². The third-order valence-electron chi connectivity index (χ3n) is 2.79. The lowest BCUT2D eigenvalue weighted by Gasteiger charge is -2.26. The molecule has 0 amide bonds. The first kappa shape index (κ1) is 15.4. The van der Waals surface area contributed by atoms with Gasteiger partial charge in [-0.05, 0) is 19.0 Å². The largest absolute Gasteiger partial charge is 0.303 e. The lowest BCUT2D eigenvalue weighted by Crippen LogP contribution is -2.37. The number of hydrogen-bond acceptors (Lipinski definition) is 3. The summed E-state index contributed by atoms with van der Waals surface area (Å²) in [6, 6.07) is 2.23. The lowest BCUT2D eigenvalue weighted by molar-refractivity contribution is 0.201. The molecule has 0 radical (unpaired) electrons. The third-order valence-corrected chi connectivity index (χ3v) is 2.79. The molecule has 0 atom stereocenters. The summed E-state index contributed by atoms with van der Waals surface area (Å²) in [6.07, 6.45) is 0.644. The van der Waals surface area contributed by atoms with Gasteiger partial charge in [-0.1, -0.05) is 27.7 Å². The second-order valence-electron chi connectivity index (χ2n) is 4.63. The molecule has 0 aromatic heterocycles. The molecule has 94 valence electrons. The molecule has 0 aliphatic heterocycles. The molecule has 0 saturated heterocycles. The fourth-order valence-corrected chi connectivity index (χ4v) is 1.84. The van der Waals surface area contributed by atoms with E-state index in [4.69, 9.17) is 5.26 Å². The SMILES string of the molecule is CCN(CC)CCN(CCC#N)CC(C)C. The Balaban J connectivity index is 3.94. The predicted octanol–water partition coefficient (Wildman–Crippen LogP) is 2.20. The zero-order chi connectivity index (χ0) is 12.4. The van der Waals surface area contributed by atoms with Crippen LogP contribution < -0.4 is 0 Å². The molecule has 0 rings (SSSR count). The van der Waals surface area contributed by atoms with Gasteiger partial charge < -0.3 is 9.80 Å². The summed E-state index contributed by atoms with van der Waals surface area (Å²) in [5.41, 5.74) is 0. The molecule has 0 aromatic rings. The van der Waals surface area contributed by atoms with Crippen molar-refractivity contribution in [3.63, 3.8) is 0 Å². The molecule has 0 saturated carbocycles. The molecular formula is C13H27N3. The molecule has 3 nitrogen and oxygen atoms in total. The van der Waals surface area contributed by atoms with Gasteiger partial charge >= 0.3 is 0 Å². The Bertz CT molecular complexity index is 192. The van der Waals surface area contributed by atoms with Crippen molar-refractivity contribution in [1.82, 2.24) is 9.80 Å². The summed E-state index contributed by atoms with van der Waals surface area (Å²) in [5, 5.41) is 8.63. The molecule has 0 heterocycles. The molecule has 0 N–H and O–H groups in total. The summed E-state index contributed by atoms with van der Waals surface area (Å²) >= 11 is 0. The Morgan fingerprint density at radius 2 is 1.56 bits per heavy atom. The number of nitriles is 1. The smallest absolute Gasteiger partial charge is 0.0635 e. The van der Waals surface area contributed by atoms with Crippen LogP contribution in [0.5, 0.6) is 0 Å². The van der Waals surface area contributed by atoms with Crippen LogP contribution in [-0.4, -0.2) is 49.1 Å². The molecule has 0 unspecified atom stereocenters. The normalized spacial score (nSPS) is 11.4. The van der Waals surface area contributed by atoms with Gasteiger partial charge in [0.15, 0.2) is 0 Å². The van der Waals surface area contributed by atoms with E-state index in [2.05, 4.69) is 43.6 Å². The Kier molecular flexibility index (Phi) is 9.27. The molecule has 16 heavy (non-hydrogen) atoms. The van der Waals surface area contributed by atoms with Crippen LogP contribution in [0.3, 0.4) is 0 Å². The summed E-state index contributed by atoms with van der Waals surface area (Å²) in [4.78, 5) is 4.84. The van der Waals surface area contributed by atoms with E-state index in [0.29, 0.717) is 12.3 Å². The van der Waals surface area contributed by atoms with Crippen molar-refractivity contribution < 1.29 is 0 Å². The zero-order valence-electron chi connectivity index (χ0n) is 11.4. The molecule has 0 spiro atoms. The summed E-state index contributed by atoms with van der Waals surface area (Å²) in [7, 11) is 0. The average Bonchev–Trinajstić information content (AvgIpc) is 2.26. The summed E-state index contributed by atoms with van der Waals surface area (Å²) in [6.45, 7) is 15.3. The predicted molar refractivity (Wildman–Crippen MR) is 69.3 cm³/mol. The van der Waals surface area contributed by atoms with Crippen molar-refractivity contribution in [2.45, 2.75) is 34.1 Å². The van der Waals surface area contributed by atoms with E-state index in [1.54, 1.807) is 0 Å². The maximum atomic E-state index is 8.63. The van der Waals surface area contributed by atoms with Crippen LogP contribution in [0.25, 0.3) is 0 Å². The standard InChI is InChI=1S/C13H27N3/c1-5-15(6-2)10-11-16(9-7-8-14)12-13(3)4/h13H,5-7,9-12H2,1-4H3. The highest BCUT2D eigenvalue weighted by molar-refractivity contribution is 4.73. The van der Waals surface area contributed by atoms with Gasteiger partial charge in [-0.2, -0.15) is 5.26 Å². The van der Waals surface area contributed by atoms with Crippen molar-refractivity contribution >= 4 is 0 Å². The van der Waals surface area contributed by atoms with Crippen molar-refractivity contribution in [2.24, 2.45) is 5.92 Å². The fraction of sp³-hybridized carbons (Fsp3) is 0.923. The van der Waals surface area contributed by atoms with Gasteiger partial charge in [0.2, 0.25) is 0 Å². The molecular weight excluding hydrogens is 198 g/mol. The third kappa shape index (κ3) is 7.67. The highest BCUT2D eigenvalue weighted by atomic mass is 15.2. The minimum atomic E-state index is 0.644. The van der Waals surface area contributed by atoms with Crippen LogP contribution in [0.4, 0.5) is 0 Å². The van der Waals surface area contributed by atoms with E-state index < -0.39 is 0 Å². The van der Waals surface area contributed by atoms with Gasteiger partial charge in [-0.25, -0.2) is 0 Å². The van der Waals surface area contributed by atoms with Gasteiger partial charge in [0.05, 0.1) is 6.07 Å². The minimum absolute atomic E-state index is 0.644. The van der Waals surface area contributed by atoms with E-state index in [0.717, 1.165) is 39.3 Å². The fourth-order valence-electron chi connectivity index (χ4n) is 1.84. The molecule has 0 bridgehead atoms. The lowest BCUT2D eigenvalue weighted by atomic mass is 10.2. The van der Waals surface area contributed by atoms with Crippen molar-refractivity contribution in [3.8, 4) is 6.07 Å². The van der Waals surface area contributed by atoms with Gasteiger partial charge in [0.1, 0.15) is 0 Å². The summed E-state index contributed by atoms with van der Waals surface area (Å²) < 4.78 is 0. The van der Waals surface area contributed by atoms with Gasteiger partial charge in [-0.3, -0.25) is 0 Å². The number of rotatable bonds is 9. The van der Waals surface area contributed by atoms with Crippen LogP contribution in [0.15, 0.2) is 0 Å². The first-order valence-electron chi connectivity index (χ1n) is 6.45. The first-order chi connectivity index (χ1) is 7.63. The van der Waals surface area contributed by atoms with Crippen LogP contribution >= 0.6 is 0 Å². The second kappa shape index (κ2) is 9.62. The quantitative estimate of drug-likeness (QED) is 0.602. The Morgan fingerprint density at radius 3 is 2.00 bits per heavy atom.